The molecule has 2 aromatic heterocycles. The van der Waals surface area contributed by atoms with Crippen molar-refractivity contribution in [2.24, 2.45) is 0 Å². The number of anilines is 1. The number of ether oxygens (including phenoxy) is 2. The summed E-state index contributed by atoms with van der Waals surface area (Å²) in [5.74, 6) is -0.306. The Morgan fingerprint density at radius 3 is 2.67 bits per heavy atom. The SMILES string of the molecule is O=C(COc1ccc(F)cc1)Nc1c(C(=O)N(Cc2ccco2)CC2CCCO2)oc2ccccc12. The first-order valence-corrected chi connectivity index (χ1v) is 11.7. The molecule has 5 rings (SSSR count). The maximum absolute atomic E-state index is 13.8. The Morgan fingerprint density at radius 2 is 1.92 bits per heavy atom. The smallest absolute Gasteiger partial charge is 0.292 e. The topological polar surface area (TPSA) is 94.2 Å². The van der Waals surface area contributed by atoms with E-state index in [1.54, 1.807) is 47.6 Å². The second-order valence-corrected chi connectivity index (χ2v) is 8.49. The highest BCUT2D eigenvalue weighted by molar-refractivity contribution is 6.11. The van der Waals surface area contributed by atoms with Crippen LogP contribution >= 0.6 is 0 Å². The van der Waals surface area contributed by atoms with Gasteiger partial charge in [0, 0.05) is 18.5 Å². The minimum Gasteiger partial charge on any atom is -0.484 e. The Labute approximate surface area is 206 Å². The van der Waals surface area contributed by atoms with E-state index in [0.29, 0.717) is 35.6 Å². The predicted molar refractivity (Wildman–Crippen MR) is 129 cm³/mol. The molecule has 2 aromatic carbocycles. The summed E-state index contributed by atoms with van der Waals surface area (Å²) in [6.07, 6.45) is 3.26. The zero-order valence-electron chi connectivity index (χ0n) is 19.4. The fraction of sp³-hybridized carbons (Fsp3) is 0.259. The quantitative estimate of drug-likeness (QED) is 0.353. The van der Waals surface area contributed by atoms with Gasteiger partial charge in [-0.1, -0.05) is 12.1 Å². The van der Waals surface area contributed by atoms with Crippen LogP contribution in [0.3, 0.4) is 0 Å². The van der Waals surface area contributed by atoms with Crippen molar-refractivity contribution < 1.29 is 32.3 Å². The lowest BCUT2D eigenvalue weighted by Gasteiger charge is -2.24. The van der Waals surface area contributed by atoms with Crippen molar-refractivity contribution >= 4 is 28.5 Å². The molecule has 1 aliphatic heterocycles. The lowest BCUT2D eigenvalue weighted by Crippen LogP contribution is -2.37. The van der Waals surface area contributed by atoms with Gasteiger partial charge in [0.05, 0.1) is 18.9 Å². The Balaban J connectivity index is 1.39. The number of para-hydroxylation sites is 1. The molecule has 0 saturated carbocycles. The molecule has 1 fully saturated rings. The van der Waals surface area contributed by atoms with E-state index in [-0.39, 0.29) is 30.7 Å². The molecule has 4 aromatic rings. The van der Waals surface area contributed by atoms with Crippen LogP contribution in [0.4, 0.5) is 10.1 Å². The van der Waals surface area contributed by atoms with Crippen molar-refractivity contribution in [3.05, 3.63) is 84.3 Å². The van der Waals surface area contributed by atoms with Gasteiger partial charge in [-0.15, -0.1) is 0 Å². The maximum atomic E-state index is 13.8. The highest BCUT2D eigenvalue weighted by Crippen LogP contribution is 2.32. The number of amides is 2. The molecule has 0 spiro atoms. The number of nitrogens with one attached hydrogen (secondary N) is 1. The molecule has 8 nitrogen and oxygen atoms in total. The Bertz CT molecular complexity index is 1330. The normalized spacial score (nSPS) is 15.2. The van der Waals surface area contributed by atoms with E-state index in [2.05, 4.69) is 5.32 Å². The first kappa shape index (κ1) is 23.6. The van der Waals surface area contributed by atoms with Gasteiger partial charge in [-0.25, -0.2) is 4.39 Å². The van der Waals surface area contributed by atoms with Gasteiger partial charge in [0.15, 0.2) is 6.61 Å². The number of carbonyl (C=O) groups is 2. The number of carbonyl (C=O) groups excluding carboxylic acids is 2. The molecule has 186 valence electrons. The van der Waals surface area contributed by atoms with Crippen molar-refractivity contribution in [3.63, 3.8) is 0 Å². The van der Waals surface area contributed by atoms with Gasteiger partial charge >= 0.3 is 0 Å². The van der Waals surface area contributed by atoms with Crippen LogP contribution < -0.4 is 10.1 Å². The summed E-state index contributed by atoms with van der Waals surface area (Å²) in [5, 5.41) is 3.36. The summed E-state index contributed by atoms with van der Waals surface area (Å²) in [7, 11) is 0. The van der Waals surface area contributed by atoms with Crippen LogP contribution in [0.5, 0.6) is 5.75 Å². The molecule has 2 amide bonds. The molecular formula is C27H25FN2O6. The van der Waals surface area contributed by atoms with Crippen molar-refractivity contribution in [2.75, 3.05) is 25.1 Å². The van der Waals surface area contributed by atoms with E-state index < -0.39 is 17.6 Å². The number of furan rings is 2. The fourth-order valence-electron chi connectivity index (χ4n) is 4.16. The monoisotopic (exact) mass is 492 g/mol. The molecule has 1 unspecified atom stereocenters. The largest absolute Gasteiger partial charge is 0.484 e. The first-order chi connectivity index (χ1) is 17.6. The van der Waals surface area contributed by atoms with Crippen molar-refractivity contribution in [1.29, 1.82) is 0 Å². The molecule has 1 aliphatic rings. The third-order valence-electron chi connectivity index (χ3n) is 5.90. The first-order valence-electron chi connectivity index (χ1n) is 11.7. The standard InChI is InChI=1S/C27H25FN2O6/c28-18-9-11-19(12-10-18)35-17-24(31)29-25-22-7-1-2-8-23(22)36-26(25)27(32)30(15-20-5-3-13-33-20)16-21-6-4-14-34-21/h1-3,5,7-13,21H,4,6,14-17H2,(H,29,31). The third kappa shape index (κ3) is 5.41. The Hall–Kier alpha value is -4.11. The molecule has 0 bridgehead atoms. The van der Waals surface area contributed by atoms with Crippen molar-refractivity contribution in [3.8, 4) is 5.75 Å². The highest BCUT2D eigenvalue weighted by atomic mass is 19.1. The van der Waals surface area contributed by atoms with Gasteiger partial charge in [0.2, 0.25) is 5.76 Å². The lowest BCUT2D eigenvalue weighted by molar-refractivity contribution is -0.118. The predicted octanol–water partition coefficient (Wildman–Crippen LogP) is 5.00. The molecule has 9 heteroatoms. The van der Waals surface area contributed by atoms with Crippen LogP contribution in [0.15, 0.2) is 75.8 Å². The zero-order valence-corrected chi connectivity index (χ0v) is 19.4. The van der Waals surface area contributed by atoms with Gasteiger partial charge in [0.1, 0.15) is 28.6 Å². The number of hydrogen-bond acceptors (Lipinski definition) is 6. The van der Waals surface area contributed by atoms with E-state index in [1.165, 1.54) is 24.3 Å². The van der Waals surface area contributed by atoms with Crippen LogP contribution in [0.1, 0.15) is 29.2 Å². The molecule has 1 atom stereocenters. The summed E-state index contributed by atoms with van der Waals surface area (Å²) >= 11 is 0. The van der Waals surface area contributed by atoms with Crippen LogP contribution in [0.2, 0.25) is 0 Å². The van der Waals surface area contributed by atoms with Gasteiger partial charge in [-0.3, -0.25) is 9.59 Å². The van der Waals surface area contributed by atoms with Crippen molar-refractivity contribution in [1.82, 2.24) is 4.90 Å². The third-order valence-corrected chi connectivity index (χ3v) is 5.90. The summed E-state index contributed by atoms with van der Waals surface area (Å²) in [6, 6.07) is 16.0. The average molecular weight is 493 g/mol. The summed E-state index contributed by atoms with van der Waals surface area (Å²) in [4.78, 5) is 28.1. The van der Waals surface area contributed by atoms with Crippen LogP contribution in [0, 0.1) is 5.82 Å². The second-order valence-electron chi connectivity index (χ2n) is 8.49. The van der Waals surface area contributed by atoms with E-state index in [1.807, 2.05) is 0 Å². The van der Waals surface area contributed by atoms with E-state index in [4.69, 9.17) is 18.3 Å². The van der Waals surface area contributed by atoms with Crippen molar-refractivity contribution in [2.45, 2.75) is 25.5 Å². The number of benzene rings is 2. The molecule has 0 radical (unpaired) electrons. The number of hydrogen-bond donors (Lipinski definition) is 1. The van der Waals surface area contributed by atoms with Gasteiger partial charge in [-0.2, -0.15) is 0 Å². The van der Waals surface area contributed by atoms with Gasteiger partial charge in [0.25, 0.3) is 11.8 Å². The molecule has 3 heterocycles. The highest BCUT2D eigenvalue weighted by Gasteiger charge is 2.30. The molecule has 1 saturated heterocycles. The fourth-order valence-corrected chi connectivity index (χ4v) is 4.16. The second kappa shape index (κ2) is 10.7. The lowest BCUT2D eigenvalue weighted by atomic mass is 10.2. The maximum Gasteiger partial charge on any atom is 0.292 e. The molecule has 0 aliphatic carbocycles. The van der Waals surface area contributed by atoms with E-state index >= 15 is 0 Å². The Kier molecular flexibility index (Phi) is 6.99. The Morgan fingerprint density at radius 1 is 1.08 bits per heavy atom. The number of fused-ring (bicyclic) bond motifs is 1. The van der Waals surface area contributed by atoms with Gasteiger partial charge < -0.3 is 28.5 Å². The number of nitrogens with zero attached hydrogens (tertiary/aromatic N) is 1. The van der Waals surface area contributed by atoms with Crippen LogP contribution in [-0.4, -0.2) is 42.6 Å². The van der Waals surface area contributed by atoms with E-state index in [0.717, 1.165) is 12.8 Å². The number of rotatable bonds is 9. The average Bonchev–Trinajstić information content (AvgIpc) is 3.65. The molecule has 1 N–H and O–H groups in total. The zero-order chi connectivity index (χ0) is 24.9. The van der Waals surface area contributed by atoms with E-state index in [9.17, 15) is 14.0 Å². The minimum atomic E-state index is -0.489. The molecule has 36 heavy (non-hydrogen) atoms. The van der Waals surface area contributed by atoms with Crippen LogP contribution in [-0.2, 0) is 16.1 Å². The number of halogens is 1. The van der Waals surface area contributed by atoms with Gasteiger partial charge in [-0.05, 0) is 61.4 Å². The summed E-state index contributed by atoms with van der Waals surface area (Å²) in [5.41, 5.74) is 0.728. The summed E-state index contributed by atoms with van der Waals surface area (Å²) in [6.45, 7) is 0.916. The molecular weight excluding hydrogens is 467 g/mol. The minimum absolute atomic E-state index is 0.0101. The van der Waals surface area contributed by atoms with Crippen LogP contribution in [0.25, 0.3) is 11.0 Å². The summed E-state index contributed by atoms with van der Waals surface area (Å²) < 4.78 is 35.8.